The van der Waals surface area contributed by atoms with Gasteiger partial charge in [-0.3, -0.25) is 4.79 Å². The van der Waals surface area contributed by atoms with Crippen molar-refractivity contribution in [3.63, 3.8) is 0 Å². The van der Waals surface area contributed by atoms with Crippen molar-refractivity contribution in [3.8, 4) is 0 Å². The van der Waals surface area contributed by atoms with Crippen LogP contribution < -0.4 is 0 Å². The topological polar surface area (TPSA) is 52.6 Å². The first-order valence-electron chi connectivity index (χ1n) is 7.42. The molecule has 0 saturated carbocycles. The molecule has 0 amide bonds. The summed E-state index contributed by atoms with van der Waals surface area (Å²) < 4.78 is 10.2. The van der Waals surface area contributed by atoms with Crippen LogP contribution in [0.2, 0.25) is 0 Å². The first kappa shape index (κ1) is 21.7. The lowest BCUT2D eigenvalue weighted by atomic mass is 10.00. The molecule has 0 fully saturated rings. The maximum atomic E-state index is 12.7. The summed E-state index contributed by atoms with van der Waals surface area (Å²) in [4.78, 5) is 24.2. The van der Waals surface area contributed by atoms with Gasteiger partial charge in [-0.2, -0.15) is 0 Å². The van der Waals surface area contributed by atoms with Gasteiger partial charge in [0.2, 0.25) is 0 Å². The monoisotopic (exact) mass is 350 g/mol. The predicted octanol–water partition coefficient (Wildman–Crippen LogP) is 4.41. The van der Waals surface area contributed by atoms with Gasteiger partial charge >= 0.3 is 5.97 Å². The standard InChI is InChI=1S/C19H23ClO4/c1-6-10-11-15(7-2)19(22)16(12-14(5)20)17(8-3)24-13-18(21)23-9-4/h6-8,10-12H,1,5,9,13H2,2-4H3/b11-10-,15-7+,16-12+,17-8?. The van der Waals surface area contributed by atoms with E-state index in [9.17, 15) is 9.59 Å². The van der Waals surface area contributed by atoms with Crippen molar-refractivity contribution in [2.75, 3.05) is 13.2 Å². The number of carbonyl (C=O) groups excluding carboxylic acids is 2. The Bertz CT molecular complexity index is 607. The molecule has 4 nitrogen and oxygen atoms in total. The van der Waals surface area contributed by atoms with Crippen LogP contribution in [0.1, 0.15) is 20.8 Å². The average Bonchev–Trinajstić information content (AvgIpc) is 2.54. The van der Waals surface area contributed by atoms with Gasteiger partial charge in [-0.05, 0) is 32.9 Å². The van der Waals surface area contributed by atoms with E-state index in [0.29, 0.717) is 5.57 Å². The largest absolute Gasteiger partial charge is 0.481 e. The van der Waals surface area contributed by atoms with Gasteiger partial charge in [0.15, 0.2) is 12.4 Å². The predicted molar refractivity (Wildman–Crippen MR) is 97.5 cm³/mol. The molecule has 0 atom stereocenters. The highest BCUT2D eigenvalue weighted by Crippen LogP contribution is 2.21. The molecule has 5 heteroatoms. The molecule has 0 aromatic rings. The highest BCUT2D eigenvalue weighted by atomic mass is 35.5. The smallest absolute Gasteiger partial charge is 0.344 e. The van der Waals surface area contributed by atoms with Gasteiger partial charge in [-0.15, -0.1) is 0 Å². The number of allylic oxidation sites excluding steroid dienone is 9. The lowest BCUT2D eigenvalue weighted by molar-refractivity contribution is -0.147. The normalized spacial score (nSPS) is 12.9. The summed E-state index contributed by atoms with van der Waals surface area (Å²) in [6, 6.07) is 0. The van der Waals surface area contributed by atoms with Gasteiger partial charge in [0.25, 0.3) is 0 Å². The Morgan fingerprint density at radius 3 is 2.29 bits per heavy atom. The molecule has 0 aromatic heterocycles. The van der Waals surface area contributed by atoms with E-state index in [1.807, 2.05) is 0 Å². The van der Waals surface area contributed by atoms with Crippen LogP contribution in [-0.2, 0) is 19.1 Å². The van der Waals surface area contributed by atoms with Crippen LogP contribution in [0.4, 0.5) is 0 Å². The van der Waals surface area contributed by atoms with Crippen LogP contribution in [0.15, 0.2) is 71.6 Å². The van der Waals surface area contributed by atoms with Crippen LogP contribution in [-0.4, -0.2) is 25.0 Å². The van der Waals surface area contributed by atoms with Gasteiger partial charge in [0.05, 0.1) is 12.2 Å². The second-order valence-electron chi connectivity index (χ2n) is 4.42. The Labute approximate surface area is 148 Å². The molecule has 0 bridgehead atoms. The lowest BCUT2D eigenvalue weighted by Gasteiger charge is -2.13. The Hall–Kier alpha value is -2.33. The number of carbonyl (C=O) groups is 2. The van der Waals surface area contributed by atoms with Crippen LogP contribution in [0.25, 0.3) is 0 Å². The number of Topliss-reactive ketones (excluding diaryl/α,β-unsaturated/α-hetero) is 1. The zero-order chi connectivity index (χ0) is 18.5. The van der Waals surface area contributed by atoms with Crippen molar-refractivity contribution < 1.29 is 19.1 Å². The van der Waals surface area contributed by atoms with Crippen LogP contribution >= 0.6 is 11.6 Å². The quantitative estimate of drug-likeness (QED) is 0.253. The van der Waals surface area contributed by atoms with E-state index in [1.165, 1.54) is 6.08 Å². The molecule has 0 aliphatic rings. The molecule has 0 aromatic carbocycles. The summed E-state index contributed by atoms with van der Waals surface area (Å²) in [6.45, 7) is 12.2. The second kappa shape index (κ2) is 12.1. The molecule has 0 radical (unpaired) electrons. The molecule has 0 aliphatic carbocycles. The summed E-state index contributed by atoms with van der Waals surface area (Å²) >= 11 is 5.83. The summed E-state index contributed by atoms with van der Waals surface area (Å²) in [6.07, 6.45) is 9.47. The van der Waals surface area contributed by atoms with E-state index >= 15 is 0 Å². The van der Waals surface area contributed by atoms with Gasteiger partial charge in [0, 0.05) is 10.6 Å². The molecule has 130 valence electrons. The molecule has 0 spiro atoms. The molecule has 0 N–H and O–H groups in total. The molecule has 0 saturated heterocycles. The minimum Gasteiger partial charge on any atom is -0.481 e. The second-order valence-corrected chi connectivity index (χ2v) is 4.90. The molecule has 24 heavy (non-hydrogen) atoms. The van der Waals surface area contributed by atoms with E-state index in [2.05, 4.69) is 13.2 Å². The fourth-order valence-corrected chi connectivity index (χ4v) is 1.80. The van der Waals surface area contributed by atoms with Gasteiger partial charge in [-0.1, -0.05) is 49.1 Å². The number of hydrogen-bond acceptors (Lipinski definition) is 4. The van der Waals surface area contributed by atoms with E-state index in [1.54, 1.807) is 51.2 Å². The third-order valence-electron chi connectivity index (χ3n) is 2.71. The van der Waals surface area contributed by atoms with Crippen LogP contribution in [0, 0.1) is 0 Å². The fourth-order valence-electron chi connectivity index (χ4n) is 1.69. The van der Waals surface area contributed by atoms with Crippen molar-refractivity contribution in [1.82, 2.24) is 0 Å². The number of ketones is 1. The summed E-state index contributed by atoms with van der Waals surface area (Å²) in [7, 11) is 0. The average molecular weight is 351 g/mol. The van der Waals surface area contributed by atoms with Crippen molar-refractivity contribution in [3.05, 3.63) is 71.6 Å². The van der Waals surface area contributed by atoms with E-state index < -0.39 is 5.97 Å². The van der Waals surface area contributed by atoms with E-state index in [4.69, 9.17) is 21.1 Å². The Morgan fingerprint density at radius 1 is 1.17 bits per heavy atom. The maximum Gasteiger partial charge on any atom is 0.344 e. The zero-order valence-corrected chi connectivity index (χ0v) is 15.1. The molecular formula is C19H23ClO4. The lowest BCUT2D eigenvalue weighted by Crippen LogP contribution is -2.16. The first-order chi connectivity index (χ1) is 11.4. The maximum absolute atomic E-state index is 12.7. The van der Waals surface area contributed by atoms with E-state index in [-0.39, 0.29) is 35.4 Å². The molecule has 0 rings (SSSR count). The summed E-state index contributed by atoms with van der Waals surface area (Å²) in [5.41, 5.74) is 0.627. The molecular weight excluding hydrogens is 328 g/mol. The van der Waals surface area contributed by atoms with Gasteiger partial charge < -0.3 is 9.47 Å². The zero-order valence-electron chi connectivity index (χ0n) is 14.3. The highest BCUT2D eigenvalue weighted by Gasteiger charge is 2.19. The van der Waals surface area contributed by atoms with Crippen LogP contribution in [0.5, 0.6) is 0 Å². The molecule has 0 heterocycles. The molecule has 0 aliphatic heterocycles. The highest BCUT2D eigenvalue weighted by molar-refractivity contribution is 6.31. The fraction of sp³-hybridized carbons (Fsp3) is 0.263. The van der Waals surface area contributed by atoms with E-state index in [0.717, 1.165) is 0 Å². The number of halogens is 1. The third-order valence-corrected chi connectivity index (χ3v) is 2.82. The Morgan fingerprint density at radius 2 is 1.83 bits per heavy atom. The van der Waals surface area contributed by atoms with Crippen molar-refractivity contribution >= 4 is 23.4 Å². The number of ether oxygens (including phenoxy) is 2. The Kier molecular flexibility index (Phi) is 11.0. The number of hydrogen-bond donors (Lipinski definition) is 0. The van der Waals surface area contributed by atoms with Gasteiger partial charge in [-0.25, -0.2) is 4.79 Å². The minimum atomic E-state index is -0.522. The van der Waals surface area contributed by atoms with Crippen LogP contribution in [0.3, 0.4) is 0 Å². The SMILES string of the molecule is C=C/C=C\C(=C/C)C(=O)/C(=C/C(=C)Cl)C(=CC)OCC(=O)OCC. The minimum absolute atomic E-state index is 0.167. The summed E-state index contributed by atoms with van der Waals surface area (Å²) in [5.74, 6) is -0.610. The van der Waals surface area contributed by atoms with Crippen molar-refractivity contribution in [2.24, 2.45) is 0 Å². The third kappa shape index (κ3) is 7.79. The van der Waals surface area contributed by atoms with Crippen molar-refractivity contribution in [2.45, 2.75) is 20.8 Å². The molecule has 0 unspecified atom stereocenters. The number of esters is 1. The summed E-state index contributed by atoms with van der Waals surface area (Å²) in [5, 5.41) is 0.167. The van der Waals surface area contributed by atoms with Crippen molar-refractivity contribution in [1.29, 1.82) is 0 Å². The van der Waals surface area contributed by atoms with Gasteiger partial charge in [0.1, 0.15) is 5.76 Å². The first-order valence-corrected chi connectivity index (χ1v) is 7.80. The Balaban J connectivity index is 5.56. The number of rotatable bonds is 10.